The van der Waals surface area contributed by atoms with E-state index in [-0.39, 0.29) is 0 Å². The highest BCUT2D eigenvalue weighted by atomic mass is 16.5. The van der Waals surface area contributed by atoms with E-state index in [2.05, 4.69) is 36.2 Å². The molecule has 0 unspecified atom stereocenters. The van der Waals surface area contributed by atoms with E-state index in [1.807, 2.05) is 24.3 Å². The van der Waals surface area contributed by atoms with Gasteiger partial charge in [-0.05, 0) is 30.3 Å². The third-order valence-corrected chi connectivity index (χ3v) is 5.29. The van der Waals surface area contributed by atoms with Crippen molar-refractivity contribution in [1.82, 2.24) is 30.1 Å². The standard InChI is InChI=1S/C23H16N6O2/c1-30-15-6-14(9-24-10-15)19-7-17-21(11-26-19)28-29-23(17)20-8-16-18(27-20)2-4-25-22(16)13-3-5-31-12-13/h2-12,27H,1H3,(H,28,29). The molecule has 0 spiro atoms. The first-order valence-corrected chi connectivity index (χ1v) is 9.64. The molecule has 0 radical (unpaired) electrons. The number of methoxy groups -OCH3 is 1. The van der Waals surface area contributed by atoms with Crippen molar-refractivity contribution in [2.75, 3.05) is 7.11 Å². The lowest BCUT2D eigenvalue weighted by Gasteiger charge is -2.04. The van der Waals surface area contributed by atoms with Crippen LogP contribution in [0.5, 0.6) is 5.75 Å². The topological polar surface area (TPSA) is 106 Å². The molecule has 0 fully saturated rings. The lowest BCUT2D eigenvalue weighted by atomic mass is 10.1. The predicted octanol–water partition coefficient (Wildman–Crippen LogP) is 4.83. The Bertz CT molecular complexity index is 1530. The minimum atomic E-state index is 0.682. The third kappa shape index (κ3) is 2.84. The lowest BCUT2D eigenvalue weighted by molar-refractivity contribution is 0.413. The van der Waals surface area contributed by atoms with Gasteiger partial charge >= 0.3 is 0 Å². The zero-order valence-corrected chi connectivity index (χ0v) is 16.5. The van der Waals surface area contributed by atoms with Gasteiger partial charge in [-0.15, -0.1) is 0 Å². The highest BCUT2D eigenvalue weighted by Crippen LogP contribution is 2.34. The summed E-state index contributed by atoms with van der Waals surface area (Å²) in [4.78, 5) is 16.8. The van der Waals surface area contributed by atoms with Gasteiger partial charge in [0.15, 0.2) is 0 Å². The number of hydrogen-bond acceptors (Lipinski definition) is 6. The number of pyridine rings is 3. The molecule has 0 aliphatic carbocycles. The average Bonchev–Trinajstić information content (AvgIpc) is 3.57. The SMILES string of the molecule is COc1cncc(-c2cc3c(-c4cc5c(-c6ccoc6)nccc5[nH]4)n[nH]c3cn2)c1. The monoisotopic (exact) mass is 408 g/mol. The smallest absolute Gasteiger partial charge is 0.137 e. The van der Waals surface area contributed by atoms with E-state index in [4.69, 9.17) is 9.15 Å². The maximum absolute atomic E-state index is 5.29. The van der Waals surface area contributed by atoms with Crippen LogP contribution in [0.2, 0.25) is 0 Å². The molecule has 6 aromatic rings. The number of nitrogens with zero attached hydrogens (tertiary/aromatic N) is 4. The van der Waals surface area contributed by atoms with Crippen molar-refractivity contribution >= 4 is 21.8 Å². The molecule has 0 aromatic carbocycles. The van der Waals surface area contributed by atoms with Gasteiger partial charge in [-0.1, -0.05) is 0 Å². The van der Waals surface area contributed by atoms with Gasteiger partial charge in [-0.25, -0.2) is 0 Å². The minimum absolute atomic E-state index is 0.682. The molecular formula is C23H16N6O2. The summed E-state index contributed by atoms with van der Waals surface area (Å²) in [6.45, 7) is 0. The van der Waals surface area contributed by atoms with Crippen LogP contribution in [0.1, 0.15) is 0 Å². The number of fused-ring (bicyclic) bond motifs is 2. The Balaban J connectivity index is 1.50. The zero-order chi connectivity index (χ0) is 20.8. The van der Waals surface area contributed by atoms with Gasteiger partial charge in [0.05, 0.1) is 54.6 Å². The molecule has 6 rings (SSSR count). The van der Waals surface area contributed by atoms with Crippen molar-refractivity contribution in [2.24, 2.45) is 0 Å². The molecule has 6 heterocycles. The van der Waals surface area contributed by atoms with Gasteiger partial charge in [-0.3, -0.25) is 20.1 Å². The lowest BCUT2D eigenvalue weighted by Crippen LogP contribution is -1.88. The number of aromatic amines is 2. The van der Waals surface area contributed by atoms with Gasteiger partial charge < -0.3 is 14.1 Å². The summed E-state index contributed by atoms with van der Waals surface area (Å²) >= 11 is 0. The Morgan fingerprint density at radius 2 is 1.84 bits per heavy atom. The summed E-state index contributed by atoms with van der Waals surface area (Å²) in [5.74, 6) is 0.682. The number of aromatic nitrogens is 6. The van der Waals surface area contributed by atoms with Gasteiger partial charge in [0.25, 0.3) is 0 Å². The first-order valence-electron chi connectivity index (χ1n) is 9.64. The number of H-pyrrole nitrogens is 2. The molecule has 0 bridgehead atoms. The molecule has 0 aliphatic heterocycles. The van der Waals surface area contributed by atoms with Crippen LogP contribution in [0.3, 0.4) is 0 Å². The second kappa shape index (κ2) is 6.81. The molecule has 8 heteroatoms. The zero-order valence-electron chi connectivity index (χ0n) is 16.5. The quantitative estimate of drug-likeness (QED) is 0.433. The van der Waals surface area contributed by atoms with E-state index in [0.29, 0.717) is 5.75 Å². The van der Waals surface area contributed by atoms with Crippen molar-refractivity contribution in [1.29, 1.82) is 0 Å². The molecule has 0 aliphatic rings. The number of furan rings is 1. The summed E-state index contributed by atoms with van der Waals surface area (Å²) in [7, 11) is 1.62. The number of ether oxygens (including phenoxy) is 1. The maximum Gasteiger partial charge on any atom is 0.137 e. The first kappa shape index (κ1) is 17.4. The Morgan fingerprint density at radius 1 is 0.903 bits per heavy atom. The second-order valence-electron chi connectivity index (χ2n) is 7.12. The van der Waals surface area contributed by atoms with E-state index >= 15 is 0 Å². The van der Waals surface area contributed by atoms with Crippen LogP contribution in [0.4, 0.5) is 0 Å². The highest BCUT2D eigenvalue weighted by Gasteiger charge is 2.16. The van der Waals surface area contributed by atoms with Crippen LogP contribution in [0, 0.1) is 0 Å². The van der Waals surface area contributed by atoms with Crippen molar-refractivity contribution in [2.45, 2.75) is 0 Å². The molecule has 2 N–H and O–H groups in total. The molecule has 6 aromatic heterocycles. The molecule has 150 valence electrons. The number of rotatable bonds is 4. The van der Waals surface area contributed by atoms with E-state index in [1.54, 1.807) is 44.4 Å². The average molecular weight is 408 g/mol. The minimum Gasteiger partial charge on any atom is -0.495 e. The molecular weight excluding hydrogens is 392 g/mol. The Morgan fingerprint density at radius 3 is 2.71 bits per heavy atom. The molecule has 8 nitrogen and oxygen atoms in total. The second-order valence-corrected chi connectivity index (χ2v) is 7.12. The Hall–Kier alpha value is -4.46. The van der Waals surface area contributed by atoms with Crippen LogP contribution in [0.25, 0.3) is 55.7 Å². The maximum atomic E-state index is 5.29. The summed E-state index contributed by atoms with van der Waals surface area (Å²) in [5.41, 5.74) is 6.97. The summed E-state index contributed by atoms with van der Waals surface area (Å²) in [6, 6.07) is 9.83. The van der Waals surface area contributed by atoms with Crippen molar-refractivity contribution in [3.63, 3.8) is 0 Å². The molecule has 0 amide bonds. The fourth-order valence-electron chi connectivity index (χ4n) is 3.76. The van der Waals surface area contributed by atoms with E-state index < -0.39 is 0 Å². The fourth-order valence-corrected chi connectivity index (χ4v) is 3.76. The van der Waals surface area contributed by atoms with Gasteiger partial charge in [-0.2, -0.15) is 5.10 Å². The number of hydrogen-bond donors (Lipinski definition) is 2. The van der Waals surface area contributed by atoms with Gasteiger partial charge in [0.1, 0.15) is 11.4 Å². The Labute approximate surface area is 176 Å². The van der Waals surface area contributed by atoms with Gasteiger partial charge in [0, 0.05) is 39.8 Å². The van der Waals surface area contributed by atoms with E-state index in [9.17, 15) is 0 Å². The van der Waals surface area contributed by atoms with Crippen LogP contribution in [-0.2, 0) is 0 Å². The fraction of sp³-hybridized carbons (Fsp3) is 0.0435. The van der Waals surface area contributed by atoms with Crippen LogP contribution < -0.4 is 4.74 Å². The van der Waals surface area contributed by atoms with E-state index in [1.165, 1.54) is 0 Å². The molecule has 0 atom stereocenters. The summed E-state index contributed by atoms with van der Waals surface area (Å²) in [6.07, 6.45) is 10.3. The summed E-state index contributed by atoms with van der Waals surface area (Å²) in [5, 5.41) is 9.57. The van der Waals surface area contributed by atoms with E-state index in [0.717, 1.165) is 55.7 Å². The largest absolute Gasteiger partial charge is 0.495 e. The highest BCUT2D eigenvalue weighted by molar-refractivity contribution is 6.00. The number of nitrogens with one attached hydrogen (secondary N) is 2. The van der Waals surface area contributed by atoms with Crippen molar-refractivity contribution in [3.05, 3.63) is 67.6 Å². The van der Waals surface area contributed by atoms with Crippen molar-refractivity contribution < 1.29 is 9.15 Å². The third-order valence-electron chi connectivity index (χ3n) is 5.29. The normalized spacial score (nSPS) is 11.4. The molecule has 31 heavy (non-hydrogen) atoms. The Kier molecular flexibility index (Phi) is 3.82. The van der Waals surface area contributed by atoms with Gasteiger partial charge in [0.2, 0.25) is 0 Å². The molecule has 0 saturated heterocycles. The van der Waals surface area contributed by atoms with Crippen LogP contribution in [-0.4, -0.2) is 37.2 Å². The summed E-state index contributed by atoms with van der Waals surface area (Å²) < 4.78 is 10.5. The van der Waals surface area contributed by atoms with Crippen LogP contribution >= 0.6 is 0 Å². The van der Waals surface area contributed by atoms with Crippen LogP contribution in [0.15, 0.2) is 72.1 Å². The molecule has 0 saturated carbocycles. The predicted molar refractivity (Wildman–Crippen MR) is 116 cm³/mol. The van der Waals surface area contributed by atoms with Crippen molar-refractivity contribution in [3.8, 4) is 39.7 Å². The first-order chi connectivity index (χ1) is 15.3.